The van der Waals surface area contributed by atoms with Crippen molar-refractivity contribution in [2.75, 3.05) is 13.2 Å². The van der Waals surface area contributed by atoms with Gasteiger partial charge in [-0.15, -0.1) is 0 Å². The molecule has 1 N–H and O–H groups in total. The topological polar surface area (TPSA) is 51.3 Å². The molecule has 0 saturated carbocycles. The summed E-state index contributed by atoms with van der Waals surface area (Å²) in [6.45, 7) is 10.4. The van der Waals surface area contributed by atoms with Crippen LogP contribution in [0.1, 0.15) is 40.3 Å². The van der Waals surface area contributed by atoms with Crippen LogP contribution in [-0.2, 0) is 19.0 Å². The minimum atomic E-state index is -3.41. The number of aromatic nitrogens is 1. The SMILES string of the molecule is CCOP(=O)(OCC)c1c(C(C)(C)C)[nH]c2ccc(Cl)cc12. The van der Waals surface area contributed by atoms with Gasteiger partial charge in [-0.2, -0.15) is 0 Å². The van der Waals surface area contributed by atoms with Gasteiger partial charge in [0.15, 0.2) is 0 Å². The van der Waals surface area contributed by atoms with Gasteiger partial charge in [0, 0.05) is 27.0 Å². The minimum absolute atomic E-state index is 0.231. The maximum atomic E-state index is 13.4. The monoisotopic (exact) mass is 343 g/mol. The Hall–Kier alpha value is -0.800. The number of benzene rings is 1. The number of rotatable bonds is 5. The third kappa shape index (κ3) is 3.26. The van der Waals surface area contributed by atoms with Gasteiger partial charge in [-0.25, -0.2) is 0 Å². The fourth-order valence-corrected chi connectivity index (χ4v) is 4.81. The van der Waals surface area contributed by atoms with E-state index in [1.54, 1.807) is 0 Å². The molecular formula is C16H23ClNO3P. The van der Waals surface area contributed by atoms with E-state index < -0.39 is 7.60 Å². The van der Waals surface area contributed by atoms with Crippen molar-refractivity contribution in [3.8, 4) is 0 Å². The van der Waals surface area contributed by atoms with E-state index in [1.807, 2.05) is 32.0 Å². The minimum Gasteiger partial charge on any atom is -0.357 e. The van der Waals surface area contributed by atoms with E-state index in [1.165, 1.54) is 0 Å². The summed E-state index contributed by atoms with van der Waals surface area (Å²) in [4.78, 5) is 3.36. The molecule has 1 aromatic carbocycles. The van der Waals surface area contributed by atoms with Gasteiger partial charge in [0.1, 0.15) is 0 Å². The highest BCUT2D eigenvalue weighted by Crippen LogP contribution is 2.51. The first kappa shape index (κ1) is 17.6. The Bertz CT molecular complexity index is 708. The molecule has 1 heterocycles. The molecule has 2 rings (SSSR count). The van der Waals surface area contributed by atoms with Crippen LogP contribution in [0.4, 0.5) is 0 Å². The van der Waals surface area contributed by atoms with Crippen LogP contribution in [0.3, 0.4) is 0 Å². The van der Waals surface area contributed by atoms with Crippen molar-refractivity contribution in [2.45, 2.75) is 40.0 Å². The maximum absolute atomic E-state index is 13.4. The van der Waals surface area contributed by atoms with Crippen molar-refractivity contribution in [1.29, 1.82) is 0 Å². The molecule has 0 spiro atoms. The van der Waals surface area contributed by atoms with Crippen molar-refractivity contribution >= 4 is 35.4 Å². The molecule has 22 heavy (non-hydrogen) atoms. The largest absolute Gasteiger partial charge is 0.363 e. The molecule has 0 unspecified atom stereocenters. The lowest BCUT2D eigenvalue weighted by atomic mass is 9.92. The van der Waals surface area contributed by atoms with Gasteiger partial charge in [-0.05, 0) is 32.0 Å². The second-order valence-corrected chi connectivity index (χ2v) is 8.52. The number of fused-ring (bicyclic) bond motifs is 1. The molecule has 0 aliphatic rings. The molecule has 0 radical (unpaired) electrons. The Balaban J connectivity index is 2.83. The summed E-state index contributed by atoms with van der Waals surface area (Å²) < 4.78 is 24.5. The lowest BCUT2D eigenvalue weighted by molar-refractivity contribution is 0.229. The molecule has 122 valence electrons. The zero-order chi connectivity index (χ0) is 16.5. The van der Waals surface area contributed by atoms with Gasteiger partial charge in [0.25, 0.3) is 0 Å². The second kappa shape index (κ2) is 6.37. The van der Waals surface area contributed by atoms with Crippen LogP contribution in [0.25, 0.3) is 10.9 Å². The first-order valence-electron chi connectivity index (χ1n) is 7.44. The van der Waals surface area contributed by atoms with E-state index in [0.29, 0.717) is 23.5 Å². The summed E-state index contributed by atoms with van der Waals surface area (Å²) in [7, 11) is -3.41. The Labute approximate surface area is 136 Å². The molecular weight excluding hydrogens is 321 g/mol. The van der Waals surface area contributed by atoms with Crippen LogP contribution < -0.4 is 5.30 Å². The number of nitrogens with one attached hydrogen (secondary N) is 1. The molecule has 0 aliphatic carbocycles. The van der Waals surface area contributed by atoms with Crippen LogP contribution >= 0.6 is 19.2 Å². The third-order valence-electron chi connectivity index (χ3n) is 3.36. The zero-order valence-electron chi connectivity index (χ0n) is 13.7. The Morgan fingerprint density at radius 1 is 1.18 bits per heavy atom. The molecule has 0 aliphatic heterocycles. The molecule has 4 nitrogen and oxygen atoms in total. The molecule has 0 amide bonds. The quantitative estimate of drug-likeness (QED) is 0.776. The van der Waals surface area contributed by atoms with E-state index in [4.69, 9.17) is 20.6 Å². The molecule has 0 atom stereocenters. The van der Waals surface area contributed by atoms with E-state index in [0.717, 1.165) is 16.6 Å². The normalized spacial score (nSPS) is 13.0. The van der Waals surface area contributed by atoms with Crippen LogP contribution in [0.5, 0.6) is 0 Å². The van der Waals surface area contributed by atoms with E-state index >= 15 is 0 Å². The third-order valence-corrected chi connectivity index (χ3v) is 5.80. The molecule has 6 heteroatoms. The Morgan fingerprint density at radius 3 is 2.27 bits per heavy atom. The summed E-state index contributed by atoms with van der Waals surface area (Å²) in [5.74, 6) is 0. The smallest absolute Gasteiger partial charge is 0.357 e. The van der Waals surface area contributed by atoms with Crippen LogP contribution in [0.2, 0.25) is 5.02 Å². The Morgan fingerprint density at radius 2 is 1.77 bits per heavy atom. The predicted octanol–water partition coefficient (Wildman–Crippen LogP) is 5.01. The second-order valence-electron chi connectivity index (χ2n) is 6.12. The first-order chi connectivity index (χ1) is 10.2. The van der Waals surface area contributed by atoms with Crippen LogP contribution in [0, 0.1) is 0 Å². The molecule has 1 aromatic heterocycles. The van der Waals surface area contributed by atoms with E-state index in [2.05, 4.69) is 25.8 Å². The van der Waals surface area contributed by atoms with Crippen molar-refractivity contribution in [2.24, 2.45) is 0 Å². The molecule has 0 bridgehead atoms. The van der Waals surface area contributed by atoms with Gasteiger partial charge in [0.2, 0.25) is 0 Å². The highest BCUT2D eigenvalue weighted by Gasteiger charge is 2.37. The average Bonchev–Trinajstić information content (AvgIpc) is 2.78. The standard InChI is InChI=1S/C16H23ClNO3P/c1-6-20-22(19,21-7-2)14-12-10-11(17)8-9-13(12)18-15(14)16(3,4)5/h8-10,18H,6-7H2,1-5H3. The number of halogens is 1. The number of H-pyrrole nitrogens is 1. The van der Waals surface area contributed by atoms with Crippen molar-refractivity contribution in [3.05, 3.63) is 28.9 Å². The predicted molar refractivity (Wildman–Crippen MR) is 92.5 cm³/mol. The number of hydrogen-bond acceptors (Lipinski definition) is 3. The molecule has 2 aromatic rings. The van der Waals surface area contributed by atoms with Gasteiger partial charge < -0.3 is 14.0 Å². The summed E-state index contributed by atoms with van der Waals surface area (Å²) >= 11 is 6.13. The lowest BCUT2D eigenvalue weighted by Crippen LogP contribution is -2.23. The molecule has 0 saturated heterocycles. The van der Waals surface area contributed by atoms with Crippen molar-refractivity contribution in [3.63, 3.8) is 0 Å². The highest BCUT2D eigenvalue weighted by molar-refractivity contribution is 7.62. The van der Waals surface area contributed by atoms with E-state index in [-0.39, 0.29) is 5.41 Å². The average molecular weight is 344 g/mol. The fraction of sp³-hybridized carbons (Fsp3) is 0.500. The highest BCUT2D eigenvalue weighted by atomic mass is 35.5. The molecule has 0 fully saturated rings. The zero-order valence-corrected chi connectivity index (χ0v) is 15.3. The summed E-state index contributed by atoms with van der Waals surface area (Å²) in [6.07, 6.45) is 0. The van der Waals surface area contributed by atoms with Gasteiger partial charge in [-0.3, -0.25) is 4.57 Å². The lowest BCUT2D eigenvalue weighted by Gasteiger charge is -2.24. The Kier molecular flexibility index (Phi) is 5.08. The first-order valence-corrected chi connectivity index (χ1v) is 9.36. The fourth-order valence-electron chi connectivity index (χ4n) is 2.48. The van der Waals surface area contributed by atoms with Crippen LogP contribution in [0.15, 0.2) is 18.2 Å². The maximum Gasteiger partial charge on any atom is 0.363 e. The van der Waals surface area contributed by atoms with Crippen LogP contribution in [-0.4, -0.2) is 18.2 Å². The number of hydrogen-bond donors (Lipinski definition) is 1. The van der Waals surface area contributed by atoms with Gasteiger partial charge in [-0.1, -0.05) is 32.4 Å². The van der Waals surface area contributed by atoms with E-state index in [9.17, 15) is 4.57 Å². The number of aromatic amines is 1. The van der Waals surface area contributed by atoms with Crippen molar-refractivity contribution in [1.82, 2.24) is 4.98 Å². The summed E-state index contributed by atoms with van der Waals surface area (Å²) in [5, 5.41) is 1.98. The van der Waals surface area contributed by atoms with Crippen molar-refractivity contribution < 1.29 is 13.6 Å². The van der Waals surface area contributed by atoms with Gasteiger partial charge >= 0.3 is 7.60 Å². The summed E-state index contributed by atoms with van der Waals surface area (Å²) in [6, 6.07) is 5.50. The van der Waals surface area contributed by atoms with Gasteiger partial charge in [0.05, 0.1) is 18.5 Å². The summed E-state index contributed by atoms with van der Waals surface area (Å²) in [5.41, 5.74) is 1.50.